The van der Waals surface area contributed by atoms with E-state index in [-0.39, 0.29) is 0 Å². The molecule has 3 rings (SSSR count). The summed E-state index contributed by atoms with van der Waals surface area (Å²) in [6.45, 7) is 5.49. The van der Waals surface area contributed by atoms with Crippen LogP contribution in [0.3, 0.4) is 0 Å². The molecule has 1 aliphatic rings. The first kappa shape index (κ1) is 14.6. The molecule has 1 fully saturated rings. The lowest BCUT2D eigenvalue weighted by Gasteiger charge is -2.19. The zero-order valence-electron chi connectivity index (χ0n) is 12.3. The van der Waals surface area contributed by atoms with Crippen LogP contribution in [-0.4, -0.2) is 30.6 Å². The predicted molar refractivity (Wildman–Crippen MR) is 88.0 cm³/mol. The number of halogens is 1. The number of rotatable bonds is 4. The van der Waals surface area contributed by atoms with E-state index < -0.39 is 0 Å². The van der Waals surface area contributed by atoms with Gasteiger partial charge in [-0.2, -0.15) is 0 Å². The van der Waals surface area contributed by atoms with Crippen molar-refractivity contribution < 1.29 is 4.74 Å². The summed E-state index contributed by atoms with van der Waals surface area (Å²) in [5, 5.41) is 2.99. The van der Waals surface area contributed by atoms with Gasteiger partial charge in [0.05, 0.1) is 11.6 Å². The van der Waals surface area contributed by atoms with E-state index in [2.05, 4.69) is 23.1 Å². The summed E-state index contributed by atoms with van der Waals surface area (Å²) < 4.78 is 5.73. The van der Waals surface area contributed by atoms with Crippen molar-refractivity contribution in [1.82, 2.24) is 4.90 Å². The van der Waals surface area contributed by atoms with Gasteiger partial charge in [-0.05, 0) is 30.4 Å². The minimum atomic E-state index is 0.300. The van der Waals surface area contributed by atoms with Gasteiger partial charge in [-0.1, -0.05) is 35.9 Å². The van der Waals surface area contributed by atoms with E-state index in [9.17, 15) is 0 Å². The van der Waals surface area contributed by atoms with E-state index in [0.29, 0.717) is 17.7 Å². The molecular formula is C17H21ClN2O. The van der Waals surface area contributed by atoms with Gasteiger partial charge in [-0.15, -0.1) is 0 Å². The molecule has 1 aliphatic heterocycles. The molecule has 0 radical (unpaired) electrons. The Bertz CT molecular complexity index is 644. The summed E-state index contributed by atoms with van der Waals surface area (Å²) in [6.07, 6.45) is 1.07. The van der Waals surface area contributed by atoms with Crippen LogP contribution in [0.1, 0.15) is 18.9 Å². The number of ether oxygens (including phenoxy) is 1. The van der Waals surface area contributed by atoms with Crippen LogP contribution in [0.4, 0.5) is 0 Å². The third-order valence-corrected chi connectivity index (χ3v) is 4.31. The maximum absolute atomic E-state index is 6.43. The molecule has 0 aromatic heterocycles. The van der Waals surface area contributed by atoms with E-state index in [1.165, 1.54) is 10.9 Å². The van der Waals surface area contributed by atoms with Crippen LogP contribution in [-0.2, 0) is 6.54 Å². The molecule has 0 aliphatic carbocycles. The first-order valence-electron chi connectivity index (χ1n) is 7.50. The van der Waals surface area contributed by atoms with Gasteiger partial charge in [0, 0.05) is 31.1 Å². The summed E-state index contributed by atoms with van der Waals surface area (Å²) in [6, 6.07) is 10.6. The van der Waals surface area contributed by atoms with Gasteiger partial charge in [0.1, 0.15) is 5.75 Å². The summed E-state index contributed by atoms with van der Waals surface area (Å²) in [5.74, 6) is 0.789. The van der Waals surface area contributed by atoms with Crippen LogP contribution in [0.5, 0.6) is 5.75 Å². The average molecular weight is 305 g/mol. The molecular weight excluding hydrogens is 284 g/mol. The van der Waals surface area contributed by atoms with Crippen LogP contribution >= 0.6 is 11.6 Å². The molecule has 21 heavy (non-hydrogen) atoms. The Morgan fingerprint density at radius 1 is 1.33 bits per heavy atom. The van der Waals surface area contributed by atoms with Gasteiger partial charge in [-0.25, -0.2) is 0 Å². The number of likely N-dealkylation sites (tertiary alicyclic amines) is 1. The molecule has 4 heteroatoms. The van der Waals surface area contributed by atoms with E-state index in [1.807, 2.05) is 19.1 Å². The molecule has 1 atom stereocenters. The molecule has 0 unspecified atom stereocenters. The number of nitrogens with zero attached hydrogens (tertiary/aromatic N) is 1. The van der Waals surface area contributed by atoms with Crippen molar-refractivity contribution in [3.05, 3.63) is 40.9 Å². The van der Waals surface area contributed by atoms with Crippen molar-refractivity contribution in [1.29, 1.82) is 0 Å². The summed E-state index contributed by atoms with van der Waals surface area (Å²) in [7, 11) is 0. The number of hydrogen-bond donors (Lipinski definition) is 1. The van der Waals surface area contributed by atoms with E-state index in [1.54, 1.807) is 0 Å². The largest absolute Gasteiger partial charge is 0.492 e. The van der Waals surface area contributed by atoms with Crippen LogP contribution in [0.2, 0.25) is 5.02 Å². The second-order valence-electron chi connectivity index (χ2n) is 5.61. The lowest BCUT2D eigenvalue weighted by molar-refractivity contribution is 0.327. The van der Waals surface area contributed by atoms with E-state index in [4.69, 9.17) is 22.1 Å². The standard InChI is InChI=1S/C17H21ClN2O/c1-2-21-17-15-6-4-3-5-14(15)12(9-16(17)18)10-20-8-7-13(19)11-20/h3-6,9,13H,2,7-8,10-11,19H2,1H3/t13-/m1/s1. The third-order valence-electron chi connectivity index (χ3n) is 4.03. The first-order chi connectivity index (χ1) is 10.2. The maximum atomic E-state index is 6.43. The topological polar surface area (TPSA) is 38.5 Å². The SMILES string of the molecule is CCOc1c(Cl)cc(CN2CC[C@@H](N)C2)c2ccccc12. The van der Waals surface area contributed by atoms with Gasteiger partial charge in [0.15, 0.2) is 0 Å². The Morgan fingerprint density at radius 3 is 2.76 bits per heavy atom. The fraction of sp³-hybridized carbons (Fsp3) is 0.412. The second kappa shape index (κ2) is 6.22. The molecule has 0 saturated carbocycles. The Labute approximate surface area is 130 Å². The highest BCUT2D eigenvalue weighted by atomic mass is 35.5. The van der Waals surface area contributed by atoms with Gasteiger partial charge >= 0.3 is 0 Å². The monoisotopic (exact) mass is 304 g/mol. The predicted octanol–water partition coefficient (Wildman–Crippen LogP) is 3.42. The van der Waals surface area contributed by atoms with Gasteiger partial charge in [0.25, 0.3) is 0 Å². The van der Waals surface area contributed by atoms with E-state index in [0.717, 1.165) is 37.2 Å². The lowest BCUT2D eigenvalue weighted by atomic mass is 10.0. The molecule has 112 valence electrons. The minimum Gasteiger partial charge on any atom is -0.492 e. The summed E-state index contributed by atoms with van der Waals surface area (Å²) >= 11 is 6.43. The molecule has 2 N–H and O–H groups in total. The van der Waals surface area contributed by atoms with Crippen molar-refractivity contribution in [3.63, 3.8) is 0 Å². The van der Waals surface area contributed by atoms with Gasteiger partial charge < -0.3 is 10.5 Å². The van der Waals surface area contributed by atoms with Crippen molar-refractivity contribution in [2.45, 2.75) is 25.9 Å². The Morgan fingerprint density at radius 2 is 2.10 bits per heavy atom. The molecule has 1 heterocycles. The first-order valence-corrected chi connectivity index (χ1v) is 7.87. The molecule has 3 nitrogen and oxygen atoms in total. The fourth-order valence-corrected chi connectivity index (χ4v) is 3.34. The second-order valence-corrected chi connectivity index (χ2v) is 6.02. The highest BCUT2D eigenvalue weighted by molar-refractivity contribution is 6.33. The fourth-order valence-electron chi connectivity index (χ4n) is 3.06. The smallest absolute Gasteiger partial charge is 0.145 e. The normalized spacial score (nSPS) is 19.3. The summed E-state index contributed by atoms with van der Waals surface area (Å²) in [5.41, 5.74) is 7.24. The Balaban J connectivity index is 2.01. The molecule has 0 spiro atoms. The van der Waals surface area contributed by atoms with E-state index >= 15 is 0 Å². The van der Waals surface area contributed by atoms with Crippen LogP contribution in [0.15, 0.2) is 30.3 Å². The highest BCUT2D eigenvalue weighted by Gasteiger charge is 2.20. The minimum absolute atomic E-state index is 0.300. The van der Waals surface area contributed by atoms with Crippen molar-refractivity contribution in [2.75, 3.05) is 19.7 Å². The molecule has 2 aromatic carbocycles. The van der Waals surface area contributed by atoms with Crippen molar-refractivity contribution in [2.24, 2.45) is 5.73 Å². The summed E-state index contributed by atoms with van der Waals surface area (Å²) in [4.78, 5) is 2.39. The number of fused-ring (bicyclic) bond motifs is 1. The van der Waals surface area contributed by atoms with Crippen LogP contribution in [0.25, 0.3) is 10.8 Å². The quantitative estimate of drug-likeness (QED) is 0.940. The Kier molecular flexibility index (Phi) is 4.34. The zero-order valence-corrected chi connectivity index (χ0v) is 13.1. The molecule has 0 bridgehead atoms. The molecule has 1 saturated heterocycles. The third kappa shape index (κ3) is 3.00. The van der Waals surface area contributed by atoms with Crippen LogP contribution < -0.4 is 10.5 Å². The zero-order chi connectivity index (χ0) is 14.8. The lowest BCUT2D eigenvalue weighted by Crippen LogP contribution is -2.26. The number of hydrogen-bond acceptors (Lipinski definition) is 3. The number of nitrogens with two attached hydrogens (primary N) is 1. The van der Waals surface area contributed by atoms with Crippen molar-refractivity contribution in [3.8, 4) is 5.75 Å². The number of benzene rings is 2. The highest BCUT2D eigenvalue weighted by Crippen LogP contribution is 2.36. The maximum Gasteiger partial charge on any atom is 0.145 e. The van der Waals surface area contributed by atoms with Crippen molar-refractivity contribution >= 4 is 22.4 Å². The van der Waals surface area contributed by atoms with Crippen LogP contribution in [0, 0.1) is 0 Å². The average Bonchev–Trinajstić information content (AvgIpc) is 2.88. The molecule has 2 aromatic rings. The van der Waals surface area contributed by atoms with Gasteiger partial charge in [-0.3, -0.25) is 4.90 Å². The van der Waals surface area contributed by atoms with Gasteiger partial charge in [0.2, 0.25) is 0 Å². The molecule has 0 amide bonds. The Hall–Kier alpha value is -1.29.